The van der Waals surface area contributed by atoms with Gasteiger partial charge in [0.05, 0.1) is 11.6 Å². The van der Waals surface area contributed by atoms with Gasteiger partial charge < -0.3 is 5.32 Å². The smallest absolute Gasteiger partial charge is 0.320 e. The first-order valence-corrected chi connectivity index (χ1v) is 9.08. The van der Waals surface area contributed by atoms with Gasteiger partial charge in [-0.3, -0.25) is 5.32 Å². The summed E-state index contributed by atoms with van der Waals surface area (Å²) in [5.41, 5.74) is 3.36. The molecule has 0 saturated heterocycles. The number of aromatic nitrogens is 2. The van der Waals surface area contributed by atoms with Crippen molar-refractivity contribution in [3.8, 4) is 0 Å². The Morgan fingerprint density at radius 2 is 1.88 bits per heavy atom. The summed E-state index contributed by atoms with van der Waals surface area (Å²) in [7, 11) is 0. The van der Waals surface area contributed by atoms with Crippen LogP contribution < -0.4 is 10.6 Å². The van der Waals surface area contributed by atoms with Crippen LogP contribution in [0.4, 0.5) is 10.6 Å². The van der Waals surface area contributed by atoms with Crippen molar-refractivity contribution in [2.45, 2.75) is 32.2 Å². The number of nitrogens with one attached hydrogen (secondary N) is 2. The average molecular weight is 346 g/mol. The Kier molecular flexibility index (Phi) is 4.52. The van der Waals surface area contributed by atoms with E-state index in [1.165, 1.54) is 11.1 Å². The number of hydrogen-bond donors (Lipinski definition) is 2. The molecule has 1 aliphatic rings. The van der Waals surface area contributed by atoms with Crippen LogP contribution in [0, 0.1) is 5.92 Å². The number of fused-ring (bicyclic) bond motifs is 2. The molecule has 1 aromatic heterocycles. The normalized spacial score (nSPS) is 19.4. The van der Waals surface area contributed by atoms with Crippen LogP contribution in [-0.2, 0) is 6.42 Å². The van der Waals surface area contributed by atoms with Crippen molar-refractivity contribution in [3.63, 3.8) is 0 Å². The van der Waals surface area contributed by atoms with E-state index in [1.807, 2.05) is 36.4 Å². The second-order valence-corrected chi connectivity index (χ2v) is 6.93. The van der Waals surface area contributed by atoms with Gasteiger partial charge in [0.1, 0.15) is 0 Å². The zero-order chi connectivity index (χ0) is 17.9. The van der Waals surface area contributed by atoms with Gasteiger partial charge in [-0.2, -0.15) is 0 Å². The lowest BCUT2D eigenvalue weighted by Crippen LogP contribution is -2.36. The minimum absolute atomic E-state index is 0.00196. The van der Waals surface area contributed by atoms with E-state index in [2.05, 4.69) is 46.0 Å². The standard InChI is InChI=1S/C21H22N4O/c1-14-7-6-10-15-8-2-4-11-17(15)20(14)23-21(26)22-19-13-16-9-3-5-12-18(16)24-25-19/h2-5,8-9,11-14,20H,6-7,10H2,1H3,(H2,22,23,25,26). The van der Waals surface area contributed by atoms with Gasteiger partial charge in [-0.15, -0.1) is 10.2 Å². The quantitative estimate of drug-likeness (QED) is 0.673. The van der Waals surface area contributed by atoms with E-state index in [1.54, 1.807) is 0 Å². The molecule has 0 bridgehead atoms. The maximum absolute atomic E-state index is 12.6. The summed E-state index contributed by atoms with van der Waals surface area (Å²) in [6.45, 7) is 2.20. The highest BCUT2D eigenvalue weighted by molar-refractivity contribution is 5.90. The van der Waals surface area contributed by atoms with E-state index in [0.29, 0.717) is 11.7 Å². The predicted octanol–water partition coefficient (Wildman–Crippen LogP) is 4.47. The molecule has 2 aromatic carbocycles. The van der Waals surface area contributed by atoms with E-state index in [-0.39, 0.29) is 12.1 Å². The first-order valence-electron chi connectivity index (χ1n) is 9.08. The summed E-state index contributed by atoms with van der Waals surface area (Å²) < 4.78 is 0. The Hall–Kier alpha value is -2.95. The SMILES string of the molecule is CC1CCCc2ccccc2C1NC(=O)Nc1cc2ccccc2nn1. The zero-order valence-corrected chi connectivity index (χ0v) is 14.8. The molecule has 1 aliphatic carbocycles. The van der Waals surface area contributed by atoms with Crippen LogP contribution in [0.25, 0.3) is 10.9 Å². The summed E-state index contributed by atoms with van der Waals surface area (Å²) in [5, 5.41) is 15.2. The van der Waals surface area contributed by atoms with E-state index in [0.717, 1.165) is 30.2 Å². The van der Waals surface area contributed by atoms with Crippen molar-refractivity contribution in [1.29, 1.82) is 0 Å². The Morgan fingerprint density at radius 3 is 2.81 bits per heavy atom. The first-order chi connectivity index (χ1) is 12.7. The Labute approximate surface area is 152 Å². The van der Waals surface area contributed by atoms with Crippen molar-refractivity contribution in [3.05, 3.63) is 65.7 Å². The Bertz CT molecular complexity index is 940. The number of amides is 2. The molecular weight excluding hydrogens is 324 g/mol. The topological polar surface area (TPSA) is 66.9 Å². The molecule has 5 nitrogen and oxygen atoms in total. The van der Waals surface area contributed by atoms with Crippen LogP contribution in [0.2, 0.25) is 0 Å². The number of anilines is 1. The molecule has 2 unspecified atom stereocenters. The number of aryl methyl sites for hydroxylation is 1. The number of nitrogens with zero attached hydrogens (tertiary/aromatic N) is 2. The van der Waals surface area contributed by atoms with Gasteiger partial charge in [-0.25, -0.2) is 4.79 Å². The molecule has 132 valence electrons. The maximum Gasteiger partial charge on any atom is 0.320 e. The maximum atomic E-state index is 12.6. The molecule has 0 radical (unpaired) electrons. The molecule has 4 rings (SSSR count). The highest BCUT2D eigenvalue weighted by Crippen LogP contribution is 2.32. The molecule has 0 aliphatic heterocycles. The van der Waals surface area contributed by atoms with Gasteiger partial charge in [0.2, 0.25) is 0 Å². The largest absolute Gasteiger partial charge is 0.331 e. The molecule has 26 heavy (non-hydrogen) atoms. The van der Waals surface area contributed by atoms with Gasteiger partial charge in [0.15, 0.2) is 5.82 Å². The molecule has 1 heterocycles. The lowest BCUT2D eigenvalue weighted by Gasteiger charge is -2.25. The Morgan fingerprint density at radius 1 is 1.08 bits per heavy atom. The number of hydrogen-bond acceptors (Lipinski definition) is 3. The highest BCUT2D eigenvalue weighted by Gasteiger charge is 2.26. The molecule has 5 heteroatoms. The highest BCUT2D eigenvalue weighted by atomic mass is 16.2. The fourth-order valence-electron chi connectivity index (χ4n) is 3.71. The number of carbonyl (C=O) groups excluding carboxylic acids is 1. The number of benzene rings is 2. The minimum atomic E-state index is -0.247. The molecule has 2 amide bonds. The first kappa shape index (κ1) is 16.5. The third kappa shape index (κ3) is 3.38. The third-order valence-electron chi connectivity index (χ3n) is 5.09. The Balaban J connectivity index is 1.53. The predicted molar refractivity (Wildman–Crippen MR) is 103 cm³/mol. The fraction of sp³-hybridized carbons (Fsp3) is 0.286. The van der Waals surface area contributed by atoms with Crippen LogP contribution >= 0.6 is 0 Å². The second-order valence-electron chi connectivity index (χ2n) is 6.93. The minimum Gasteiger partial charge on any atom is -0.331 e. The zero-order valence-electron chi connectivity index (χ0n) is 14.8. The van der Waals surface area contributed by atoms with Crippen molar-refractivity contribution < 1.29 is 4.79 Å². The fourth-order valence-corrected chi connectivity index (χ4v) is 3.71. The monoisotopic (exact) mass is 346 g/mol. The van der Waals surface area contributed by atoms with Crippen molar-refractivity contribution >= 4 is 22.8 Å². The van der Waals surface area contributed by atoms with Gasteiger partial charge in [-0.05, 0) is 48.4 Å². The number of urea groups is 1. The molecule has 0 fully saturated rings. The number of rotatable bonds is 2. The molecule has 2 atom stereocenters. The van der Waals surface area contributed by atoms with Gasteiger partial charge >= 0.3 is 6.03 Å². The van der Waals surface area contributed by atoms with Crippen molar-refractivity contribution in [1.82, 2.24) is 15.5 Å². The van der Waals surface area contributed by atoms with E-state index < -0.39 is 0 Å². The van der Waals surface area contributed by atoms with Gasteiger partial charge in [0.25, 0.3) is 0 Å². The van der Waals surface area contributed by atoms with Gasteiger partial charge in [0, 0.05) is 5.39 Å². The molecule has 3 aromatic rings. The van der Waals surface area contributed by atoms with Crippen LogP contribution in [0.3, 0.4) is 0 Å². The summed E-state index contributed by atoms with van der Waals surface area (Å²) in [6.07, 6.45) is 3.31. The third-order valence-corrected chi connectivity index (χ3v) is 5.09. The molecule has 0 saturated carbocycles. The second kappa shape index (κ2) is 7.12. The molecular formula is C21H22N4O. The van der Waals surface area contributed by atoms with E-state index in [9.17, 15) is 4.79 Å². The van der Waals surface area contributed by atoms with Crippen LogP contribution in [0.1, 0.15) is 36.9 Å². The molecule has 0 spiro atoms. The van der Waals surface area contributed by atoms with Crippen LogP contribution in [0.5, 0.6) is 0 Å². The number of carbonyl (C=O) groups is 1. The van der Waals surface area contributed by atoms with E-state index >= 15 is 0 Å². The molecule has 2 N–H and O–H groups in total. The lowest BCUT2D eigenvalue weighted by atomic mass is 9.92. The summed E-state index contributed by atoms with van der Waals surface area (Å²) >= 11 is 0. The van der Waals surface area contributed by atoms with Crippen molar-refractivity contribution in [2.75, 3.05) is 5.32 Å². The average Bonchev–Trinajstić information content (AvgIpc) is 2.81. The summed E-state index contributed by atoms with van der Waals surface area (Å²) in [4.78, 5) is 12.6. The van der Waals surface area contributed by atoms with Crippen molar-refractivity contribution in [2.24, 2.45) is 5.92 Å². The lowest BCUT2D eigenvalue weighted by molar-refractivity contribution is 0.243. The van der Waals surface area contributed by atoms with Crippen LogP contribution in [-0.4, -0.2) is 16.2 Å². The van der Waals surface area contributed by atoms with Gasteiger partial charge in [-0.1, -0.05) is 49.4 Å². The summed E-state index contributed by atoms with van der Waals surface area (Å²) in [6, 6.07) is 17.7. The summed E-state index contributed by atoms with van der Waals surface area (Å²) in [5.74, 6) is 0.836. The van der Waals surface area contributed by atoms with E-state index in [4.69, 9.17) is 0 Å². The van der Waals surface area contributed by atoms with Crippen LogP contribution in [0.15, 0.2) is 54.6 Å².